The van der Waals surface area contributed by atoms with Crippen LogP contribution in [-0.2, 0) is 4.79 Å². The van der Waals surface area contributed by atoms with Crippen LogP contribution >= 0.6 is 0 Å². The van der Waals surface area contributed by atoms with Gasteiger partial charge < -0.3 is 15.6 Å². The molecule has 1 fully saturated rings. The molecular weight excluding hydrogens is 282 g/mol. The molecule has 1 amide bonds. The summed E-state index contributed by atoms with van der Waals surface area (Å²) < 4.78 is 5.66. The third kappa shape index (κ3) is 4.20. The second kappa shape index (κ2) is 7.78. The molecule has 6 nitrogen and oxygen atoms in total. The Labute approximate surface area is 130 Å². The highest BCUT2D eigenvalue weighted by atomic mass is 16.5. The molecule has 1 aliphatic rings. The number of amides is 1. The lowest BCUT2D eigenvalue weighted by molar-refractivity contribution is -0.129. The van der Waals surface area contributed by atoms with Crippen molar-refractivity contribution in [1.82, 2.24) is 4.90 Å². The quantitative estimate of drug-likeness (QED) is 0.797. The molecule has 0 unspecified atom stereocenters. The second-order valence-electron chi connectivity index (χ2n) is 5.48. The van der Waals surface area contributed by atoms with E-state index in [-0.39, 0.29) is 5.92 Å². The first kappa shape index (κ1) is 16.3. The summed E-state index contributed by atoms with van der Waals surface area (Å²) >= 11 is 0. The molecule has 0 aromatic heterocycles. The van der Waals surface area contributed by atoms with Crippen LogP contribution in [0.5, 0.6) is 5.75 Å². The van der Waals surface area contributed by atoms with Crippen molar-refractivity contribution in [3.63, 3.8) is 0 Å². The molecule has 3 N–H and O–H groups in total. The van der Waals surface area contributed by atoms with Gasteiger partial charge in [-0.25, -0.2) is 0 Å². The van der Waals surface area contributed by atoms with E-state index in [9.17, 15) is 9.90 Å². The van der Waals surface area contributed by atoms with Crippen LogP contribution in [0.1, 0.15) is 18.4 Å². The summed E-state index contributed by atoms with van der Waals surface area (Å²) in [4.78, 5) is 13.2. The summed E-state index contributed by atoms with van der Waals surface area (Å²) in [7, 11) is 0. The van der Waals surface area contributed by atoms with Crippen LogP contribution in [0.2, 0.25) is 0 Å². The second-order valence-corrected chi connectivity index (χ2v) is 5.48. The van der Waals surface area contributed by atoms with E-state index in [1.165, 1.54) is 0 Å². The predicted octanol–water partition coefficient (Wildman–Crippen LogP) is 0.495. The number of nitrogens with two attached hydrogens (primary N) is 1. The largest absolute Gasteiger partial charge is 0.491 e. The van der Waals surface area contributed by atoms with Gasteiger partial charge in [0.15, 0.2) is 0 Å². The Balaban J connectivity index is 1.73. The molecule has 0 saturated carbocycles. The minimum Gasteiger partial charge on any atom is -0.491 e. The van der Waals surface area contributed by atoms with E-state index in [1.807, 2.05) is 6.07 Å². The molecule has 1 aliphatic heterocycles. The summed E-state index contributed by atoms with van der Waals surface area (Å²) in [5.74, 6) is -0.0899. The fraction of sp³-hybridized carbons (Fsp3) is 0.500. The molecule has 0 radical (unpaired) electrons. The zero-order valence-electron chi connectivity index (χ0n) is 12.4. The number of hydrogen-bond donors (Lipinski definition) is 2. The normalized spacial score (nSPS) is 17.6. The van der Waals surface area contributed by atoms with Gasteiger partial charge >= 0.3 is 0 Å². The minimum atomic E-state index is -1.04. The van der Waals surface area contributed by atoms with Gasteiger partial charge in [-0.2, -0.15) is 5.26 Å². The highest BCUT2D eigenvalue weighted by Crippen LogP contribution is 2.21. The summed E-state index contributed by atoms with van der Waals surface area (Å²) in [6, 6.07) is 9.26. The van der Waals surface area contributed by atoms with Crippen molar-refractivity contribution in [2.75, 3.05) is 26.2 Å². The van der Waals surface area contributed by atoms with Crippen LogP contribution < -0.4 is 10.5 Å². The Morgan fingerprint density at radius 2 is 2.14 bits per heavy atom. The molecule has 1 aromatic rings. The van der Waals surface area contributed by atoms with Crippen molar-refractivity contribution in [1.29, 1.82) is 5.26 Å². The Morgan fingerprint density at radius 3 is 2.77 bits per heavy atom. The molecule has 118 valence electrons. The Hall–Kier alpha value is -2.10. The maximum Gasteiger partial charge on any atom is 0.246 e. The molecule has 1 saturated heterocycles. The first-order valence-corrected chi connectivity index (χ1v) is 7.43. The average molecular weight is 303 g/mol. The molecule has 0 spiro atoms. The number of hydrogen-bond acceptors (Lipinski definition) is 5. The summed E-state index contributed by atoms with van der Waals surface area (Å²) in [5, 5.41) is 18.7. The number of likely N-dealkylation sites (tertiary alicyclic amines) is 1. The number of carbonyl (C=O) groups is 1. The number of nitriles is 1. The van der Waals surface area contributed by atoms with Crippen molar-refractivity contribution in [3.05, 3.63) is 29.8 Å². The van der Waals surface area contributed by atoms with Gasteiger partial charge in [0, 0.05) is 6.54 Å². The molecular formula is C16H21N3O3. The molecule has 1 aromatic carbocycles. The molecule has 1 atom stereocenters. The highest BCUT2D eigenvalue weighted by molar-refractivity contribution is 5.78. The van der Waals surface area contributed by atoms with Gasteiger partial charge in [-0.3, -0.25) is 9.69 Å². The number of carbonyl (C=O) groups excluding carboxylic acids is 1. The van der Waals surface area contributed by atoms with Crippen LogP contribution in [0.3, 0.4) is 0 Å². The van der Waals surface area contributed by atoms with Crippen LogP contribution in [0.15, 0.2) is 24.3 Å². The Morgan fingerprint density at radius 1 is 1.45 bits per heavy atom. The van der Waals surface area contributed by atoms with Gasteiger partial charge in [0.25, 0.3) is 0 Å². The fourth-order valence-electron chi connectivity index (χ4n) is 2.69. The first-order valence-electron chi connectivity index (χ1n) is 7.43. The van der Waals surface area contributed by atoms with Crippen LogP contribution in [0, 0.1) is 17.2 Å². The topological polar surface area (TPSA) is 99.6 Å². The van der Waals surface area contributed by atoms with E-state index in [1.54, 1.807) is 18.2 Å². The summed E-state index contributed by atoms with van der Waals surface area (Å²) in [6.45, 7) is 2.86. The van der Waals surface area contributed by atoms with Crippen LogP contribution in [0.25, 0.3) is 0 Å². The standard InChI is InChI=1S/C16H21N3O3/c17-11-13-3-1-2-4-14(13)22-10-9-19-7-5-12(6-8-19)15(20)16(18)21/h1-4,12,15,20H,5-10H2,(H2,18,21)/t15-/m0/s1. The number of rotatable bonds is 6. The van der Waals surface area contributed by atoms with Crippen LogP contribution in [0.4, 0.5) is 0 Å². The lowest BCUT2D eigenvalue weighted by Crippen LogP contribution is -2.43. The first-order chi connectivity index (χ1) is 10.6. The van der Waals surface area contributed by atoms with Crippen molar-refractivity contribution >= 4 is 5.91 Å². The zero-order valence-corrected chi connectivity index (χ0v) is 12.4. The number of aliphatic hydroxyl groups is 1. The molecule has 0 bridgehead atoms. The molecule has 6 heteroatoms. The van der Waals surface area contributed by atoms with Gasteiger partial charge in [0.05, 0.1) is 5.56 Å². The lowest BCUT2D eigenvalue weighted by atomic mass is 9.91. The average Bonchev–Trinajstić information content (AvgIpc) is 2.55. The maximum absolute atomic E-state index is 11.0. The number of primary amides is 1. The number of aliphatic hydroxyl groups excluding tert-OH is 1. The van der Waals surface area contributed by atoms with Crippen molar-refractivity contribution in [2.24, 2.45) is 11.7 Å². The third-order valence-corrected chi connectivity index (χ3v) is 4.04. The number of benzene rings is 1. The van der Waals surface area contributed by atoms with E-state index in [2.05, 4.69) is 11.0 Å². The third-order valence-electron chi connectivity index (χ3n) is 4.04. The SMILES string of the molecule is N#Cc1ccccc1OCCN1CCC([C@H](O)C(N)=O)CC1. The summed E-state index contributed by atoms with van der Waals surface area (Å²) in [6.07, 6.45) is 0.457. The molecule has 22 heavy (non-hydrogen) atoms. The van der Waals surface area contributed by atoms with Crippen molar-refractivity contribution in [3.8, 4) is 11.8 Å². The van der Waals surface area contributed by atoms with E-state index in [4.69, 9.17) is 15.7 Å². The fourth-order valence-corrected chi connectivity index (χ4v) is 2.69. The van der Waals surface area contributed by atoms with Gasteiger partial charge in [-0.15, -0.1) is 0 Å². The molecule has 0 aliphatic carbocycles. The number of piperidine rings is 1. The molecule has 1 heterocycles. The summed E-state index contributed by atoms with van der Waals surface area (Å²) in [5.41, 5.74) is 5.66. The number of nitrogens with zero attached hydrogens (tertiary/aromatic N) is 2. The highest BCUT2D eigenvalue weighted by Gasteiger charge is 2.28. The number of para-hydroxylation sites is 1. The van der Waals surface area contributed by atoms with Gasteiger partial charge in [0.1, 0.15) is 24.5 Å². The maximum atomic E-state index is 11.0. The number of ether oxygens (including phenoxy) is 1. The zero-order chi connectivity index (χ0) is 15.9. The Bertz CT molecular complexity index is 548. The van der Waals surface area contributed by atoms with E-state index in [0.717, 1.165) is 32.5 Å². The van der Waals surface area contributed by atoms with Crippen molar-refractivity contribution in [2.45, 2.75) is 18.9 Å². The lowest BCUT2D eigenvalue weighted by Gasteiger charge is -2.33. The van der Waals surface area contributed by atoms with Gasteiger partial charge in [-0.05, 0) is 44.0 Å². The van der Waals surface area contributed by atoms with E-state index < -0.39 is 12.0 Å². The van der Waals surface area contributed by atoms with Gasteiger partial charge in [-0.1, -0.05) is 12.1 Å². The monoisotopic (exact) mass is 303 g/mol. The predicted molar refractivity (Wildman–Crippen MR) is 81.0 cm³/mol. The van der Waals surface area contributed by atoms with E-state index >= 15 is 0 Å². The van der Waals surface area contributed by atoms with Gasteiger partial charge in [0.2, 0.25) is 5.91 Å². The minimum absolute atomic E-state index is 0.0472. The Kier molecular flexibility index (Phi) is 5.75. The smallest absolute Gasteiger partial charge is 0.246 e. The molecule has 2 rings (SSSR count). The van der Waals surface area contributed by atoms with Crippen LogP contribution in [-0.4, -0.2) is 48.3 Å². The van der Waals surface area contributed by atoms with E-state index in [0.29, 0.717) is 17.9 Å². The van der Waals surface area contributed by atoms with Crippen molar-refractivity contribution < 1.29 is 14.6 Å².